The summed E-state index contributed by atoms with van der Waals surface area (Å²) in [7, 11) is -8.26. The van der Waals surface area contributed by atoms with E-state index in [1.807, 2.05) is 0 Å². The number of rotatable bonds is 10. The van der Waals surface area contributed by atoms with Gasteiger partial charge in [-0.15, -0.1) is 0 Å². The largest absolute Gasteiger partial charge is 0.480 e. The molecule has 218 valence electrons. The number of hydrogen-bond donors (Lipinski definition) is 4. The Morgan fingerprint density at radius 3 is 2.30 bits per heavy atom. The van der Waals surface area contributed by atoms with E-state index in [0.29, 0.717) is 15.8 Å². The number of carbonyl (C=O) groups is 2. The van der Waals surface area contributed by atoms with Gasteiger partial charge in [0.15, 0.2) is 9.84 Å². The van der Waals surface area contributed by atoms with Crippen LogP contribution in [-0.2, 0) is 35.9 Å². The highest BCUT2D eigenvalue weighted by Gasteiger charge is 2.44. The number of piperidine rings is 1. The highest BCUT2D eigenvalue weighted by Crippen LogP contribution is 2.24. The van der Waals surface area contributed by atoms with Gasteiger partial charge in [-0.2, -0.15) is 0 Å². The molecular weight excluding hydrogens is 556 g/mol. The normalized spacial score (nSPS) is 20.4. The summed E-state index contributed by atoms with van der Waals surface area (Å²) in [5.41, 5.74) is 2.15. The van der Waals surface area contributed by atoms with Crippen LogP contribution in [0.25, 0.3) is 0 Å². The molecular formula is C27H36N4O7S2. The van der Waals surface area contributed by atoms with Crippen molar-refractivity contribution in [1.82, 2.24) is 14.9 Å². The smallest absolute Gasteiger partial charge is 0.328 e. The Hall–Kier alpha value is -3.00. The van der Waals surface area contributed by atoms with Crippen molar-refractivity contribution in [2.45, 2.75) is 43.2 Å². The van der Waals surface area contributed by atoms with Gasteiger partial charge in [-0.1, -0.05) is 29.8 Å². The molecule has 40 heavy (non-hydrogen) atoms. The lowest BCUT2D eigenvalue weighted by Gasteiger charge is -2.33. The van der Waals surface area contributed by atoms with Crippen molar-refractivity contribution in [3.8, 4) is 0 Å². The van der Waals surface area contributed by atoms with E-state index < -0.39 is 49.6 Å². The Balaban J connectivity index is 1.61. The number of hydrogen-bond acceptors (Lipinski definition) is 9. The van der Waals surface area contributed by atoms with Crippen molar-refractivity contribution in [3.63, 3.8) is 0 Å². The quantitative estimate of drug-likeness (QED) is 0.313. The molecule has 2 heterocycles. The maximum Gasteiger partial charge on any atom is 0.328 e. The van der Waals surface area contributed by atoms with Crippen LogP contribution >= 0.6 is 0 Å². The van der Waals surface area contributed by atoms with Crippen LogP contribution in [0, 0.1) is 12.8 Å². The summed E-state index contributed by atoms with van der Waals surface area (Å²) in [6.45, 7) is 4.52. The lowest BCUT2D eigenvalue weighted by molar-refractivity contribution is -0.146. The van der Waals surface area contributed by atoms with E-state index >= 15 is 0 Å². The van der Waals surface area contributed by atoms with E-state index in [4.69, 9.17) is 0 Å². The molecule has 13 heteroatoms. The average Bonchev–Trinajstić information content (AvgIpc) is 2.92. The lowest BCUT2D eigenvalue weighted by atomic mass is 9.98. The van der Waals surface area contributed by atoms with Gasteiger partial charge >= 0.3 is 5.97 Å². The second-order valence-corrected chi connectivity index (χ2v) is 14.4. The number of sulfone groups is 1. The van der Waals surface area contributed by atoms with E-state index in [9.17, 15) is 31.5 Å². The van der Waals surface area contributed by atoms with Gasteiger partial charge in [-0.05, 0) is 68.6 Å². The predicted octanol–water partition coefficient (Wildman–Crippen LogP) is 1.01. The topological polar surface area (TPSA) is 162 Å². The number of aryl methyl sites for hydroxylation is 1. The molecule has 2 aromatic carbocycles. The number of nitrogens with zero attached hydrogens (tertiary/aromatic N) is 1. The van der Waals surface area contributed by atoms with Gasteiger partial charge in [0.1, 0.15) is 12.1 Å². The molecule has 0 spiro atoms. The molecule has 2 aliphatic rings. The Labute approximate surface area is 235 Å². The summed E-state index contributed by atoms with van der Waals surface area (Å²) >= 11 is 0. The van der Waals surface area contributed by atoms with E-state index in [0.717, 1.165) is 43.7 Å². The molecule has 1 unspecified atom stereocenters. The number of anilines is 1. The lowest BCUT2D eigenvalue weighted by Crippen LogP contribution is -2.59. The molecule has 2 aliphatic heterocycles. The van der Waals surface area contributed by atoms with E-state index in [-0.39, 0.29) is 23.6 Å². The summed E-state index contributed by atoms with van der Waals surface area (Å²) in [6, 6.07) is 9.51. The van der Waals surface area contributed by atoms with Crippen LogP contribution in [0.15, 0.2) is 53.4 Å². The van der Waals surface area contributed by atoms with Gasteiger partial charge in [-0.3, -0.25) is 4.79 Å². The van der Waals surface area contributed by atoms with Crippen LogP contribution in [0.1, 0.15) is 24.0 Å². The van der Waals surface area contributed by atoms with Crippen molar-refractivity contribution in [1.29, 1.82) is 0 Å². The van der Waals surface area contributed by atoms with E-state index in [1.54, 1.807) is 43.3 Å². The van der Waals surface area contributed by atoms with Gasteiger partial charge < -0.3 is 21.1 Å². The van der Waals surface area contributed by atoms with Crippen LogP contribution < -0.4 is 16.0 Å². The highest BCUT2D eigenvalue weighted by molar-refractivity contribution is 7.91. The number of nitrogens with one attached hydrogen (secondary N) is 3. The van der Waals surface area contributed by atoms with Gasteiger partial charge in [0.05, 0.1) is 16.4 Å². The van der Waals surface area contributed by atoms with Crippen molar-refractivity contribution in [2.24, 2.45) is 5.92 Å². The van der Waals surface area contributed by atoms with Crippen molar-refractivity contribution >= 4 is 37.4 Å². The fraction of sp³-hybridized carbons (Fsp3) is 0.481. The highest BCUT2D eigenvalue weighted by atomic mass is 32.2. The number of carbonyl (C=O) groups excluding carboxylic acids is 1. The monoisotopic (exact) mass is 592 g/mol. The number of aliphatic carboxylic acids is 1. The van der Waals surface area contributed by atoms with Gasteiger partial charge in [0, 0.05) is 25.2 Å². The summed E-state index contributed by atoms with van der Waals surface area (Å²) < 4.78 is 52.4. The standard InChI is InChI=1S/C27H36N4O7S2/c1-19-2-8-23(9-3-19)40(37,38)31(26(32)24-18-39(35,36)15-14-29-24)25(27(33)34)16-20-4-6-22(7-5-20)30-17-21-10-12-28-13-11-21/h2-9,21,24-25,28-30H,10-18H2,1H3,(H,33,34)/t24?,25-/m0/s1. The Morgan fingerprint density at radius 1 is 1.05 bits per heavy atom. The first-order valence-corrected chi connectivity index (χ1v) is 16.6. The molecule has 2 aromatic rings. The minimum atomic E-state index is -4.65. The molecule has 0 radical (unpaired) electrons. The zero-order valence-electron chi connectivity index (χ0n) is 22.4. The fourth-order valence-corrected chi connectivity index (χ4v) is 7.90. The molecule has 2 atom stereocenters. The van der Waals surface area contributed by atoms with E-state index in [2.05, 4.69) is 16.0 Å². The van der Waals surface area contributed by atoms with Crippen molar-refractivity contribution in [3.05, 3.63) is 59.7 Å². The molecule has 1 amide bonds. The second-order valence-electron chi connectivity index (χ2n) is 10.4. The number of carboxylic acids is 1. The first kappa shape index (κ1) is 30.0. The van der Waals surface area contributed by atoms with Crippen LogP contribution in [0.4, 0.5) is 5.69 Å². The Bertz CT molecular complexity index is 1410. The molecule has 0 aliphatic carbocycles. The molecule has 11 nitrogen and oxygen atoms in total. The Kier molecular flexibility index (Phi) is 9.49. The molecule has 4 N–H and O–H groups in total. The maximum atomic E-state index is 13.8. The third kappa shape index (κ3) is 7.39. The predicted molar refractivity (Wildman–Crippen MR) is 151 cm³/mol. The van der Waals surface area contributed by atoms with Crippen molar-refractivity contribution in [2.75, 3.05) is 43.0 Å². The molecule has 4 rings (SSSR count). The third-order valence-electron chi connectivity index (χ3n) is 7.32. The first-order chi connectivity index (χ1) is 19.0. The summed E-state index contributed by atoms with van der Waals surface area (Å²) in [5, 5.41) is 19.7. The van der Waals surface area contributed by atoms with Crippen LogP contribution in [0.2, 0.25) is 0 Å². The summed E-state index contributed by atoms with van der Waals surface area (Å²) in [6.07, 6.45) is 1.88. The number of sulfonamides is 1. The molecule has 2 fully saturated rings. The zero-order valence-corrected chi connectivity index (χ0v) is 24.0. The van der Waals surface area contributed by atoms with Gasteiger partial charge in [0.2, 0.25) is 0 Å². The van der Waals surface area contributed by atoms with E-state index in [1.165, 1.54) is 12.1 Å². The van der Waals surface area contributed by atoms with Gasteiger partial charge in [0.25, 0.3) is 15.9 Å². The third-order valence-corrected chi connectivity index (χ3v) is 10.8. The fourth-order valence-electron chi connectivity index (χ4n) is 4.96. The summed E-state index contributed by atoms with van der Waals surface area (Å²) in [4.78, 5) is 25.9. The average molecular weight is 593 g/mol. The minimum Gasteiger partial charge on any atom is -0.480 e. The number of carboxylic acid groups (broad SMARTS) is 1. The molecule has 0 saturated carbocycles. The van der Waals surface area contributed by atoms with Gasteiger partial charge in [-0.25, -0.2) is 25.9 Å². The van der Waals surface area contributed by atoms with Crippen LogP contribution in [-0.4, -0.2) is 87.9 Å². The molecule has 0 bridgehead atoms. The molecule has 2 saturated heterocycles. The second kappa shape index (κ2) is 12.7. The van der Waals surface area contributed by atoms with Crippen molar-refractivity contribution < 1.29 is 31.5 Å². The maximum absolute atomic E-state index is 13.8. The minimum absolute atomic E-state index is 0.0409. The Morgan fingerprint density at radius 2 is 1.70 bits per heavy atom. The van der Waals surface area contributed by atoms with Crippen LogP contribution in [0.5, 0.6) is 0 Å². The molecule has 0 aromatic heterocycles. The number of amides is 1. The van der Waals surface area contributed by atoms with Crippen LogP contribution in [0.3, 0.4) is 0 Å². The zero-order chi connectivity index (χ0) is 28.9. The SMILES string of the molecule is Cc1ccc(S(=O)(=O)N(C(=O)C2CS(=O)(=O)CCN2)[C@@H](Cc2ccc(NCC3CCNCC3)cc2)C(=O)O)cc1. The first-order valence-electron chi connectivity index (χ1n) is 13.3. The number of benzene rings is 2. The summed E-state index contributed by atoms with van der Waals surface area (Å²) in [5.74, 6) is -2.88.